The third-order valence-corrected chi connectivity index (χ3v) is 6.63. The average Bonchev–Trinajstić information content (AvgIpc) is 2.87. The van der Waals surface area contributed by atoms with Crippen LogP contribution in [0.5, 0.6) is 0 Å². The number of amides is 1. The molecule has 1 aromatic rings. The molecule has 2 unspecified atom stereocenters. The van der Waals surface area contributed by atoms with E-state index in [1.807, 2.05) is 23.1 Å². The van der Waals surface area contributed by atoms with Crippen LogP contribution in [0.25, 0.3) is 0 Å². The predicted octanol–water partition coefficient (Wildman–Crippen LogP) is 3.18. The molecular weight excluding hydrogens is 367 g/mol. The van der Waals surface area contributed by atoms with Crippen molar-refractivity contribution < 1.29 is 21.8 Å². The van der Waals surface area contributed by atoms with E-state index in [1.165, 1.54) is 12.0 Å². The van der Waals surface area contributed by atoms with Gasteiger partial charge >= 0.3 is 164 Å². The summed E-state index contributed by atoms with van der Waals surface area (Å²) >= 11 is 6.66. The van der Waals surface area contributed by atoms with Crippen molar-refractivity contribution in [1.82, 2.24) is 0 Å². The first-order chi connectivity index (χ1) is 12.0. The zero-order valence-electron chi connectivity index (χ0n) is 14.3. The van der Waals surface area contributed by atoms with Gasteiger partial charge in [-0.25, -0.2) is 0 Å². The van der Waals surface area contributed by atoms with Gasteiger partial charge in [0.2, 0.25) is 0 Å². The van der Waals surface area contributed by atoms with E-state index in [4.69, 9.17) is 5.73 Å². The minimum atomic E-state index is -0.0584. The van der Waals surface area contributed by atoms with E-state index in [1.54, 1.807) is 10.8 Å². The summed E-state index contributed by atoms with van der Waals surface area (Å²) in [5.41, 5.74) is 9.27. The summed E-state index contributed by atoms with van der Waals surface area (Å²) in [5.74, 6) is -0.0584. The Balaban J connectivity index is 1.95. The van der Waals surface area contributed by atoms with Gasteiger partial charge < -0.3 is 0 Å². The fraction of sp³-hybridized carbons (Fsp3) is 0.400. The molecule has 1 fully saturated rings. The molecule has 1 spiro atoms. The summed E-state index contributed by atoms with van der Waals surface area (Å²) in [7, 11) is 0. The van der Waals surface area contributed by atoms with Gasteiger partial charge in [0, 0.05) is 0 Å². The van der Waals surface area contributed by atoms with Crippen molar-refractivity contribution in [1.29, 1.82) is 0 Å². The molecule has 3 rings (SSSR count). The molecule has 1 saturated carbocycles. The van der Waals surface area contributed by atoms with Gasteiger partial charge in [-0.2, -0.15) is 0 Å². The molecule has 0 aromatic heterocycles. The molecule has 1 aromatic carbocycles. The Bertz CT molecular complexity index is 745. The van der Waals surface area contributed by atoms with Gasteiger partial charge in [0.05, 0.1) is 0 Å². The number of allylic oxidation sites excluding steroid dienone is 1. The van der Waals surface area contributed by atoms with Crippen molar-refractivity contribution in [2.24, 2.45) is 11.1 Å². The van der Waals surface area contributed by atoms with Gasteiger partial charge in [-0.3, -0.25) is 0 Å². The first kappa shape index (κ1) is 18.7. The molecule has 0 radical (unpaired) electrons. The Morgan fingerprint density at radius 3 is 2.84 bits per heavy atom. The topological polar surface area (TPSA) is 46.3 Å². The van der Waals surface area contributed by atoms with Crippen LogP contribution < -0.4 is 10.6 Å². The number of fused-ring (bicyclic) bond motifs is 1. The summed E-state index contributed by atoms with van der Waals surface area (Å²) in [6.07, 6.45) is 7.02. The van der Waals surface area contributed by atoms with Gasteiger partial charge in [-0.05, 0) is 0 Å². The van der Waals surface area contributed by atoms with Gasteiger partial charge in [0.1, 0.15) is 0 Å². The molecule has 1 amide bonds. The van der Waals surface area contributed by atoms with Crippen molar-refractivity contribution >= 4 is 29.0 Å². The molecule has 2 atom stereocenters. The van der Waals surface area contributed by atoms with Crippen LogP contribution in [0.1, 0.15) is 31.2 Å². The minimum absolute atomic E-state index is 0.0584. The predicted molar refractivity (Wildman–Crippen MR) is 104 cm³/mol. The molecule has 3 nitrogen and oxygen atoms in total. The zero-order valence-corrected chi connectivity index (χ0v) is 16.6. The summed E-state index contributed by atoms with van der Waals surface area (Å²) in [4.78, 5) is 15.6. The molecule has 2 N–H and O–H groups in total. The first-order valence-corrected chi connectivity index (χ1v) is 9.94. The van der Waals surface area contributed by atoms with E-state index < -0.39 is 0 Å². The molecule has 0 saturated heterocycles. The van der Waals surface area contributed by atoms with E-state index in [2.05, 4.69) is 42.3 Å². The second-order valence-corrected chi connectivity index (χ2v) is 8.02. The monoisotopic (exact) mass is 391 g/mol. The summed E-state index contributed by atoms with van der Waals surface area (Å²) in [5, 5.41) is 0. The van der Waals surface area contributed by atoms with Crippen molar-refractivity contribution in [2.45, 2.75) is 38.1 Å². The Morgan fingerprint density at radius 2 is 2.16 bits per heavy atom. The molecule has 0 bridgehead atoms. The van der Waals surface area contributed by atoms with E-state index in [0.29, 0.717) is 12.1 Å². The summed E-state index contributed by atoms with van der Waals surface area (Å²) in [6, 6.07) is 8.43. The van der Waals surface area contributed by atoms with Crippen LogP contribution in [0.15, 0.2) is 47.4 Å². The molecule has 1 aliphatic carbocycles. The Kier molecular flexibility index (Phi) is 5.74. The quantitative estimate of drug-likeness (QED) is 0.472. The SMILES string of the molecule is C=C(/C=C(/S)[CH]=[V])C(=O)N1CCC2(CCCC2N)Cc2ccccc21. The number of para-hydroxylation sites is 1. The van der Waals surface area contributed by atoms with E-state index in [0.717, 1.165) is 36.3 Å². The van der Waals surface area contributed by atoms with E-state index >= 15 is 0 Å². The van der Waals surface area contributed by atoms with Crippen LogP contribution in [0.3, 0.4) is 0 Å². The van der Waals surface area contributed by atoms with Gasteiger partial charge in [-0.15, -0.1) is 0 Å². The number of anilines is 1. The number of carbonyl (C=O) groups is 1. The van der Waals surface area contributed by atoms with Crippen molar-refractivity contribution in [3.63, 3.8) is 0 Å². The number of hydrogen-bond donors (Lipinski definition) is 2. The van der Waals surface area contributed by atoms with Crippen molar-refractivity contribution in [3.8, 4) is 0 Å². The Hall–Kier alpha value is -1.07. The fourth-order valence-electron chi connectivity index (χ4n) is 4.20. The Morgan fingerprint density at radius 1 is 1.40 bits per heavy atom. The molecule has 131 valence electrons. The maximum atomic E-state index is 13.0. The van der Waals surface area contributed by atoms with Gasteiger partial charge in [0.25, 0.3) is 0 Å². The van der Waals surface area contributed by atoms with Crippen molar-refractivity contribution in [3.05, 3.63) is 53.0 Å². The van der Waals surface area contributed by atoms with Crippen LogP contribution >= 0.6 is 12.6 Å². The number of benzene rings is 1. The summed E-state index contributed by atoms with van der Waals surface area (Å²) < 4.78 is 1.79. The van der Waals surface area contributed by atoms with Crippen LogP contribution in [0.2, 0.25) is 0 Å². The average molecular weight is 391 g/mol. The first-order valence-electron chi connectivity index (χ1n) is 8.69. The third kappa shape index (κ3) is 3.73. The summed E-state index contributed by atoms with van der Waals surface area (Å²) in [6.45, 7) is 4.64. The molecular formula is C20H24N2OSV. The third-order valence-electron chi connectivity index (χ3n) is 5.61. The second kappa shape index (κ2) is 7.67. The van der Waals surface area contributed by atoms with Crippen molar-refractivity contribution in [2.75, 3.05) is 11.4 Å². The molecule has 1 heterocycles. The molecule has 5 heteroatoms. The molecule has 1 aliphatic heterocycles. The van der Waals surface area contributed by atoms with Crippen LogP contribution in [0, 0.1) is 5.41 Å². The Labute approximate surface area is 164 Å². The van der Waals surface area contributed by atoms with Crippen LogP contribution in [0.4, 0.5) is 5.69 Å². The zero-order chi connectivity index (χ0) is 18.0. The fourth-order valence-corrected chi connectivity index (χ4v) is 4.48. The van der Waals surface area contributed by atoms with E-state index in [9.17, 15) is 4.79 Å². The van der Waals surface area contributed by atoms with Crippen LogP contribution in [-0.4, -0.2) is 23.2 Å². The van der Waals surface area contributed by atoms with Gasteiger partial charge in [-0.1, -0.05) is 0 Å². The molecule has 25 heavy (non-hydrogen) atoms. The maximum absolute atomic E-state index is 13.0. The number of nitrogens with two attached hydrogens (primary N) is 1. The van der Waals surface area contributed by atoms with Crippen LogP contribution in [-0.2, 0) is 28.2 Å². The number of nitrogens with zero attached hydrogens (tertiary/aromatic N) is 1. The second-order valence-electron chi connectivity index (χ2n) is 7.10. The van der Waals surface area contributed by atoms with E-state index in [-0.39, 0.29) is 17.4 Å². The number of rotatable bonds is 3. The van der Waals surface area contributed by atoms with Gasteiger partial charge in [0.15, 0.2) is 0 Å². The number of carbonyl (C=O) groups excluding carboxylic acids is 1. The standard InChI is InChI=1S/C20H24N2OS.V/c1-14(12-15(2)24)19(23)22-11-10-20(9-5-8-18(20)21)13-16-6-3-4-7-17(16)22;/h2-4,6-7,12,18,24H,1,5,8-11,13,21H2;/b15-12+;. The normalized spacial score (nSPS) is 26.2. The molecule has 2 aliphatic rings. The number of thiol groups is 1. The number of hydrogen-bond acceptors (Lipinski definition) is 3.